The van der Waals surface area contributed by atoms with Gasteiger partial charge in [-0.15, -0.1) is 22.7 Å². The Balaban J connectivity index is 0.000000185. The van der Waals surface area contributed by atoms with Gasteiger partial charge < -0.3 is 28.8 Å². The second kappa shape index (κ2) is 13.3. The average molecular weight is 683 g/mol. The molecule has 0 spiro atoms. The van der Waals surface area contributed by atoms with Crippen LogP contribution in [0.2, 0.25) is 0 Å². The molecule has 47 heavy (non-hydrogen) atoms. The average Bonchev–Trinajstić information content (AvgIpc) is 3.64. The molecule has 2 unspecified atom stereocenters. The molecule has 2 aromatic carbocycles. The number of aromatic nitrogens is 4. The first-order valence-electron chi connectivity index (χ1n) is 13.9. The van der Waals surface area contributed by atoms with Gasteiger partial charge >= 0.3 is 11.9 Å². The molecule has 6 aromatic rings. The molecule has 16 heteroatoms. The normalized spacial score (nSPS) is 12.4. The van der Waals surface area contributed by atoms with Crippen molar-refractivity contribution < 1.29 is 38.4 Å². The molecular formula is C31H30N4O10S2. The smallest absolute Gasteiger partial charge is 0.328 e. The number of ether oxygens (including phenoxy) is 5. The molecule has 4 aromatic heterocycles. The van der Waals surface area contributed by atoms with Crippen LogP contribution < -0.4 is 30.1 Å². The highest BCUT2D eigenvalue weighted by Crippen LogP contribution is 2.40. The Bertz CT molecular complexity index is 2290. The molecule has 4 heterocycles. The summed E-state index contributed by atoms with van der Waals surface area (Å²) in [6.07, 6.45) is 2.64. The van der Waals surface area contributed by atoms with Gasteiger partial charge in [0.05, 0.1) is 59.2 Å². The van der Waals surface area contributed by atoms with Crippen molar-refractivity contribution in [1.82, 2.24) is 19.1 Å². The molecule has 0 aliphatic rings. The zero-order valence-electron chi connectivity index (χ0n) is 26.3. The first-order valence-corrected chi connectivity index (χ1v) is 15.5. The van der Waals surface area contributed by atoms with Crippen LogP contribution in [0.25, 0.3) is 40.6 Å². The molecule has 0 aliphatic heterocycles. The predicted molar refractivity (Wildman–Crippen MR) is 178 cm³/mol. The van der Waals surface area contributed by atoms with Gasteiger partial charge in [0.25, 0.3) is 11.1 Å². The summed E-state index contributed by atoms with van der Waals surface area (Å²) in [6.45, 7) is 3.04. The molecule has 1 N–H and O–H groups in total. The monoisotopic (exact) mass is 682 g/mol. The summed E-state index contributed by atoms with van der Waals surface area (Å²) in [5, 5.41) is 10.7. The lowest BCUT2D eigenvalue weighted by Gasteiger charge is -2.11. The van der Waals surface area contributed by atoms with E-state index in [9.17, 15) is 19.2 Å². The van der Waals surface area contributed by atoms with E-state index in [4.69, 9.17) is 28.8 Å². The highest BCUT2D eigenvalue weighted by molar-refractivity contribution is 7.26. The molecule has 0 amide bonds. The fourth-order valence-electron chi connectivity index (χ4n) is 4.90. The van der Waals surface area contributed by atoms with E-state index < -0.39 is 24.0 Å². The Morgan fingerprint density at radius 2 is 1.06 bits per heavy atom. The van der Waals surface area contributed by atoms with Crippen LogP contribution in [0.3, 0.4) is 0 Å². The number of carbonyl (C=O) groups excluding carboxylic acids is 1. The molecule has 14 nitrogen and oxygen atoms in total. The van der Waals surface area contributed by atoms with Crippen molar-refractivity contribution in [3.8, 4) is 23.0 Å². The number of methoxy groups -OCH3 is 5. The quantitative estimate of drug-likeness (QED) is 0.221. The third-order valence-electron chi connectivity index (χ3n) is 7.55. The summed E-state index contributed by atoms with van der Waals surface area (Å²) in [5.74, 6) is 0.675. The molecular weight excluding hydrogens is 652 g/mol. The summed E-state index contributed by atoms with van der Waals surface area (Å²) in [6, 6.07) is 5.44. The Kier molecular flexibility index (Phi) is 9.35. The van der Waals surface area contributed by atoms with Crippen molar-refractivity contribution in [3.05, 3.63) is 57.6 Å². The molecule has 6 rings (SSSR count). The topological polar surface area (TPSA) is 170 Å². The zero-order chi connectivity index (χ0) is 34.2. The molecule has 2 atom stereocenters. The van der Waals surface area contributed by atoms with E-state index in [2.05, 4.69) is 9.97 Å². The Morgan fingerprint density at radius 1 is 0.681 bits per heavy atom. The number of thiophene rings is 2. The van der Waals surface area contributed by atoms with Crippen molar-refractivity contribution >= 4 is 75.2 Å². The van der Waals surface area contributed by atoms with Gasteiger partial charge in [0.15, 0.2) is 23.0 Å². The summed E-state index contributed by atoms with van der Waals surface area (Å²) in [5.41, 5.74) is 0.458. The van der Waals surface area contributed by atoms with Crippen LogP contribution in [0.15, 0.2) is 46.5 Å². The summed E-state index contributed by atoms with van der Waals surface area (Å²) >= 11 is 2.56. The highest BCUT2D eigenvalue weighted by Gasteiger charge is 2.22. The standard InChI is InChI=1S/C16H16N2O5S.C15H14N2O5S/c1-8(16(20)23-4)18-7-17-13-9-5-10(21-2)11(22-3)6-12(9)24-14(13)15(18)19;1-7(15(19)20)17-6-16-12-8-4-9(21-2)10(22-3)5-11(8)23-13(12)14(17)18/h5-8H,1-4H3;4-7H,1-3H3,(H,19,20). The Hall–Kier alpha value is -5.22. The van der Waals surface area contributed by atoms with Crippen LogP contribution in [0, 0.1) is 0 Å². The van der Waals surface area contributed by atoms with Crippen LogP contribution in [0.4, 0.5) is 0 Å². The maximum Gasteiger partial charge on any atom is 0.328 e. The van der Waals surface area contributed by atoms with Crippen LogP contribution in [0.5, 0.6) is 23.0 Å². The predicted octanol–water partition coefficient (Wildman–Crippen LogP) is 4.64. The third kappa shape index (κ3) is 5.81. The van der Waals surface area contributed by atoms with Gasteiger partial charge in [0.2, 0.25) is 0 Å². The fourth-order valence-corrected chi connectivity index (χ4v) is 7.11. The van der Waals surface area contributed by atoms with Gasteiger partial charge in [-0.1, -0.05) is 0 Å². The van der Waals surface area contributed by atoms with E-state index in [0.717, 1.165) is 24.7 Å². The number of hydrogen-bond donors (Lipinski definition) is 1. The summed E-state index contributed by atoms with van der Waals surface area (Å²) in [7, 11) is 7.47. The lowest BCUT2D eigenvalue weighted by Crippen LogP contribution is -2.28. The molecule has 0 bridgehead atoms. The zero-order valence-corrected chi connectivity index (χ0v) is 28.0. The molecule has 0 radical (unpaired) electrons. The first-order chi connectivity index (χ1) is 22.5. The van der Waals surface area contributed by atoms with E-state index in [0.29, 0.717) is 43.4 Å². The van der Waals surface area contributed by atoms with Gasteiger partial charge in [0, 0.05) is 32.3 Å². The van der Waals surface area contributed by atoms with Crippen LogP contribution in [-0.2, 0) is 14.3 Å². The third-order valence-corrected chi connectivity index (χ3v) is 9.81. The number of rotatable bonds is 8. The largest absolute Gasteiger partial charge is 0.493 e. The lowest BCUT2D eigenvalue weighted by atomic mass is 10.2. The second-order valence-corrected chi connectivity index (χ2v) is 12.2. The van der Waals surface area contributed by atoms with Gasteiger partial charge in [-0.25, -0.2) is 19.6 Å². The van der Waals surface area contributed by atoms with Crippen molar-refractivity contribution in [2.75, 3.05) is 35.5 Å². The van der Waals surface area contributed by atoms with Crippen LogP contribution in [-0.4, -0.2) is 71.7 Å². The summed E-state index contributed by atoms with van der Waals surface area (Å²) in [4.78, 5) is 56.7. The van der Waals surface area contributed by atoms with Crippen molar-refractivity contribution in [3.63, 3.8) is 0 Å². The highest BCUT2D eigenvalue weighted by atomic mass is 32.1. The number of hydrogen-bond acceptors (Lipinski definition) is 13. The van der Waals surface area contributed by atoms with E-state index in [-0.39, 0.29) is 11.1 Å². The molecule has 0 fully saturated rings. The number of aliphatic carboxylic acids is 1. The SMILES string of the molecule is COC(=O)C(C)n1cnc2c(sc3cc(OC)c(OC)cc32)c1=O.COc1cc2sc3c(=O)n(C(C)C(=O)O)cnc3c2cc1OC. The van der Waals surface area contributed by atoms with E-state index in [1.54, 1.807) is 39.3 Å². The van der Waals surface area contributed by atoms with E-state index >= 15 is 0 Å². The number of carboxylic acids is 1. The first kappa shape index (κ1) is 33.2. The van der Waals surface area contributed by atoms with Gasteiger partial charge in [-0.05, 0) is 26.0 Å². The minimum Gasteiger partial charge on any atom is -0.493 e. The number of carboxylic acid groups (broad SMARTS) is 1. The Morgan fingerprint density at radius 3 is 1.43 bits per heavy atom. The van der Waals surface area contributed by atoms with Crippen LogP contribution >= 0.6 is 22.7 Å². The van der Waals surface area contributed by atoms with Crippen molar-refractivity contribution in [2.24, 2.45) is 0 Å². The minimum absolute atomic E-state index is 0.281. The van der Waals surface area contributed by atoms with Crippen molar-refractivity contribution in [1.29, 1.82) is 0 Å². The molecule has 0 aliphatic carbocycles. The number of esters is 1. The second-order valence-electron chi connectivity index (χ2n) is 10.1. The Labute approximate surface area is 274 Å². The fraction of sp³-hybridized carbons (Fsp3) is 0.290. The molecule has 0 saturated carbocycles. The number of nitrogens with zero attached hydrogens (tertiary/aromatic N) is 4. The van der Waals surface area contributed by atoms with E-state index in [1.807, 2.05) is 6.07 Å². The molecule has 0 saturated heterocycles. The van der Waals surface area contributed by atoms with Gasteiger partial charge in [-0.3, -0.25) is 18.7 Å². The van der Waals surface area contributed by atoms with E-state index in [1.165, 1.54) is 68.1 Å². The number of fused-ring (bicyclic) bond motifs is 6. The minimum atomic E-state index is -1.09. The number of benzene rings is 2. The summed E-state index contributed by atoms with van der Waals surface area (Å²) < 4.78 is 30.8. The van der Waals surface area contributed by atoms with Crippen molar-refractivity contribution in [2.45, 2.75) is 25.9 Å². The maximum absolute atomic E-state index is 12.7. The molecule has 246 valence electrons. The van der Waals surface area contributed by atoms with Gasteiger partial charge in [-0.2, -0.15) is 0 Å². The van der Waals surface area contributed by atoms with Crippen LogP contribution in [0.1, 0.15) is 25.9 Å². The lowest BCUT2D eigenvalue weighted by molar-refractivity contribution is -0.144. The number of carbonyl (C=O) groups is 2. The maximum atomic E-state index is 12.7. The van der Waals surface area contributed by atoms with Gasteiger partial charge in [0.1, 0.15) is 21.5 Å².